The van der Waals surface area contributed by atoms with Crippen LogP contribution in [0.3, 0.4) is 0 Å². The van der Waals surface area contributed by atoms with Crippen molar-refractivity contribution < 1.29 is 14.4 Å². The monoisotopic (exact) mass is 332 g/mol. The number of rotatable bonds is 4. The number of amides is 4. The number of nitrogens with one attached hydrogen (secondary N) is 4. The number of anilines is 1. The van der Waals surface area contributed by atoms with Crippen molar-refractivity contribution in [1.29, 1.82) is 0 Å². The first kappa shape index (κ1) is 17.8. The van der Waals surface area contributed by atoms with Crippen LogP contribution in [0.5, 0.6) is 0 Å². The maximum Gasteiger partial charge on any atom is 0.333 e. The maximum absolute atomic E-state index is 12.0. The predicted molar refractivity (Wildman–Crippen MR) is 91.4 cm³/mol. The quantitative estimate of drug-likeness (QED) is 0.637. The Morgan fingerprint density at radius 3 is 2.29 bits per heavy atom. The summed E-state index contributed by atoms with van der Waals surface area (Å²) in [5.41, 5.74) is 5.75. The molecule has 1 aromatic rings. The van der Waals surface area contributed by atoms with E-state index < -0.39 is 11.9 Å². The third-order valence-electron chi connectivity index (χ3n) is 3.98. The number of hydrogen-bond donors (Lipinski definition) is 4. The molecule has 4 amide bonds. The molecule has 0 atom stereocenters. The third-order valence-corrected chi connectivity index (χ3v) is 3.98. The minimum Gasteiger partial charge on any atom is -0.334 e. The predicted octanol–water partition coefficient (Wildman–Crippen LogP) is 2.31. The van der Waals surface area contributed by atoms with Crippen LogP contribution < -0.4 is 21.5 Å². The zero-order valence-electron chi connectivity index (χ0n) is 13.9. The number of hydrogen-bond acceptors (Lipinski definition) is 3. The summed E-state index contributed by atoms with van der Waals surface area (Å²) in [5, 5.41) is 5.55. The summed E-state index contributed by atoms with van der Waals surface area (Å²) >= 11 is 0. The van der Waals surface area contributed by atoms with E-state index in [1.54, 1.807) is 31.2 Å². The van der Waals surface area contributed by atoms with Gasteiger partial charge in [-0.3, -0.25) is 15.0 Å². The molecule has 7 heteroatoms. The molecule has 0 bridgehead atoms. The lowest BCUT2D eigenvalue weighted by Gasteiger charge is -2.22. The molecule has 0 spiro atoms. The highest BCUT2D eigenvalue weighted by Crippen LogP contribution is 2.17. The zero-order chi connectivity index (χ0) is 17.4. The fourth-order valence-corrected chi connectivity index (χ4v) is 2.61. The highest BCUT2D eigenvalue weighted by atomic mass is 16.2. The highest BCUT2D eigenvalue weighted by Gasteiger charge is 2.16. The molecule has 130 valence electrons. The van der Waals surface area contributed by atoms with Crippen molar-refractivity contribution in [2.24, 2.45) is 0 Å². The van der Waals surface area contributed by atoms with Crippen molar-refractivity contribution in [3.05, 3.63) is 29.8 Å². The number of hydrazine groups is 1. The van der Waals surface area contributed by atoms with Gasteiger partial charge in [-0.25, -0.2) is 10.2 Å². The van der Waals surface area contributed by atoms with E-state index in [0.29, 0.717) is 17.7 Å². The molecule has 2 rings (SSSR count). The summed E-state index contributed by atoms with van der Waals surface area (Å²) in [6.07, 6.45) is 5.81. The Kier molecular flexibility index (Phi) is 6.60. The summed E-state index contributed by atoms with van der Waals surface area (Å²) in [6.45, 7) is 1.77. The molecule has 0 unspecified atom stereocenters. The molecule has 24 heavy (non-hydrogen) atoms. The molecule has 0 aliphatic heterocycles. The average molecular weight is 332 g/mol. The van der Waals surface area contributed by atoms with Crippen LogP contribution in [-0.2, 0) is 4.79 Å². The molecule has 4 N–H and O–H groups in total. The van der Waals surface area contributed by atoms with E-state index in [1.165, 1.54) is 6.42 Å². The molecule has 0 radical (unpaired) electrons. The van der Waals surface area contributed by atoms with Crippen molar-refractivity contribution in [3.8, 4) is 0 Å². The van der Waals surface area contributed by atoms with Crippen LogP contribution >= 0.6 is 0 Å². The first-order chi connectivity index (χ1) is 11.6. The van der Waals surface area contributed by atoms with Gasteiger partial charge in [0.15, 0.2) is 0 Å². The van der Waals surface area contributed by atoms with E-state index in [4.69, 9.17) is 0 Å². The maximum atomic E-state index is 12.0. The second-order valence-corrected chi connectivity index (χ2v) is 5.87. The van der Waals surface area contributed by atoms with E-state index in [2.05, 4.69) is 21.5 Å². The number of urea groups is 1. The Morgan fingerprint density at radius 2 is 1.67 bits per heavy atom. The SMILES string of the molecule is CCC(=O)Nc1ccc(C(=O)NNC(=O)NC2CCCCC2)cc1. The van der Waals surface area contributed by atoms with E-state index in [9.17, 15) is 14.4 Å². The molecule has 7 nitrogen and oxygen atoms in total. The first-order valence-electron chi connectivity index (χ1n) is 8.35. The van der Waals surface area contributed by atoms with Crippen LogP contribution in [0.1, 0.15) is 55.8 Å². The molecule has 1 aliphatic rings. The van der Waals surface area contributed by atoms with Crippen molar-refractivity contribution >= 4 is 23.5 Å². The van der Waals surface area contributed by atoms with E-state index >= 15 is 0 Å². The van der Waals surface area contributed by atoms with Gasteiger partial charge in [0.25, 0.3) is 5.91 Å². The van der Waals surface area contributed by atoms with Crippen LogP contribution in [-0.4, -0.2) is 23.9 Å². The molecule has 1 aromatic carbocycles. The molecule has 0 aromatic heterocycles. The Labute approximate surface area is 141 Å². The molecular formula is C17H24N4O3. The average Bonchev–Trinajstić information content (AvgIpc) is 2.61. The van der Waals surface area contributed by atoms with E-state index in [0.717, 1.165) is 25.7 Å². The van der Waals surface area contributed by atoms with Gasteiger partial charge in [-0.05, 0) is 37.1 Å². The number of carbonyl (C=O) groups is 3. The highest BCUT2D eigenvalue weighted by molar-refractivity contribution is 5.96. The molecule has 0 saturated heterocycles. The minimum absolute atomic E-state index is 0.0896. The number of benzene rings is 1. The minimum atomic E-state index is -0.415. The van der Waals surface area contributed by atoms with Crippen LogP contribution in [0.25, 0.3) is 0 Å². The molecular weight excluding hydrogens is 308 g/mol. The van der Waals surface area contributed by atoms with Crippen molar-refractivity contribution in [3.63, 3.8) is 0 Å². The molecule has 1 saturated carbocycles. The van der Waals surface area contributed by atoms with E-state index in [1.807, 2.05) is 0 Å². The number of carbonyl (C=O) groups excluding carboxylic acids is 3. The summed E-state index contributed by atoms with van der Waals surface area (Å²) < 4.78 is 0. The van der Waals surface area contributed by atoms with Crippen LogP contribution in [0, 0.1) is 0 Å². The summed E-state index contributed by atoms with van der Waals surface area (Å²) in [4.78, 5) is 35.1. The lowest BCUT2D eigenvalue weighted by molar-refractivity contribution is -0.115. The normalized spacial score (nSPS) is 14.5. The van der Waals surface area contributed by atoms with Gasteiger partial charge in [0, 0.05) is 23.7 Å². The first-order valence-corrected chi connectivity index (χ1v) is 8.35. The smallest absolute Gasteiger partial charge is 0.333 e. The van der Waals surface area contributed by atoms with Gasteiger partial charge in [0.1, 0.15) is 0 Å². The van der Waals surface area contributed by atoms with Gasteiger partial charge in [-0.15, -0.1) is 0 Å². The topological polar surface area (TPSA) is 99.3 Å². The summed E-state index contributed by atoms with van der Waals surface area (Å²) in [7, 11) is 0. The van der Waals surface area contributed by atoms with E-state index in [-0.39, 0.29) is 11.9 Å². The fraction of sp³-hybridized carbons (Fsp3) is 0.471. The van der Waals surface area contributed by atoms with Gasteiger partial charge in [0.2, 0.25) is 5.91 Å². The van der Waals surface area contributed by atoms with Gasteiger partial charge in [0.05, 0.1) is 0 Å². The Hall–Kier alpha value is -2.57. The van der Waals surface area contributed by atoms with Crippen LogP contribution in [0.2, 0.25) is 0 Å². The zero-order valence-corrected chi connectivity index (χ0v) is 13.9. The Balaban J connectivity index is 1.77. The summed E-state index contributed by atoms with van der Waals surface area (Å²) in [5.74, 6) is -0.504. The second kappa shape index (κ2) is 8.90. The molecule has 1 aliphatic carbocycles. The largest absolute Gasteiger partial charge is 0.334 e. The molecule has 1 fully saturated rings. The Morgan fingerprint density at radius 1 is 1.00 bits per heavy atom. The van der Waals surface area contributed by atoms with Crippen molar-refractivity contribution in [1.82, 2.24) is 16.2 Å². The van der Waals surface area contributed by atoms with Gasteiger partial charge >= 0.3 is 6.03 Å². The molecule has 0 heterocycles. The van der Waals surface area contributed by atoms with Gasteiger partial charge in [-0.1, -0.05) is 26.2 Å². The van der Waals surface area contributed by atoms with Crippen molar-refractivity contribution in [2.45, 2.75) is 51.5 Å². The van der Waals surface area contributed by atoms with Crippen molar-refractivity contribution in [2.75, 3.05) is 5.32 Å². The lowest BCUT2D eigenvalue weighted by Crippen LogP contribution is -2.50. The lowest BCUT2D eigenvalue weighted by atomic mass is 9.96. The third kappa shape index (κ3) is 5.57. The van der Waals surface area contributed by atoms with Gasteiger partial charge < -0.3 is 10.6 Å². The van der Waals surface area contributed by atoms with Gasteiger partial charge in [-0.2, -0.15) is 0 Å². The fourth-order valence-electron chi connectivity index (χ4n) is 2.61. The van der Waals surface area contributed by atoms with Crippen LogP contribution in [0.4, 0.5) is 10.5 Å². The summed E-state index contributed by atoms with van der Waals surface area (Å²) in [6, 6.07) is 6.23. The second-order valence-electron chi connectivity index (χ2n) is 5.87. The van der Waals surface area contributed by atoms with Crippen LogP contribution in [0.15, 0.2) is 24.3 Å². The standard InChI is InChI=1S/C17H24N4O3/c1-2-15(22)18-14-10-8-12(9-11-14)16(23)20-21-17(24)19-13-6-4-3-5-7-13/h8-11,13H,2-7H2,1H3,(H,18,22)(H,20,23)(H2,19,21,24). The Bertz CT molecular complexity index is 580.